The van der Waals surface area contributed by atoms with E-state index in [-0.39, 0.29) is 22.5 Å². The van der Waals surface area contributed by atoms with Gasteiger partial charge in [0.15, 0.2) is 5.78 Å². The van der Waals surface area contributed by atoms with Crippen molar-refractivity contribution in [3.63, 3.8) is 0 Å². The topological polar surface area (TPSA) is 75.7 Å². The molecular formula is C16H22N2O2. The van der Waals surface area contributed by atoms with Gasteiger partial charge in [-0.1, -0.05) is 32.6 Å². The maximum Gasteiger partial charge on any atom is 0.168 e. The molecule has 0 amide bonds. The first kappa shape index (κ1) is 16.0. The van der Waals surface area contributed by atoms with Gasteiger partial charge < -0.3 is 10.8 Å². The normalized spacial score (nSPS) is 20.1. The van der Waals surface area contributed by atoms with E-state index < -0.39 is 0 Å². The highest BCUT2D eigenvalue weighted by molar-refractivity contribution is 6.14. The second kappa shape index (κ2) is 6.37. The SMILES string of the molecule is C=C(N=CC1=C(O)CC(C)(C)CC1=O)/C(N)=C\C=C/C. The fourth-order valence-corrected chi connectivity index (χ4v) is 1.96. The standard InChI is InChI=1S/C16H22N2O2/c1-5-6-7-13(17)11(2)18-10-12-14(19)8-16(3,4)9-15(12)20/h5-7,10,19H,2,8-9,17H2,1,3-4H3/b6-5-,13-7+,18-10?. The van der Waals surface area contributed by atoms with Crippen molar-refractivity contribution in [3.05, 3.63) is 47.5 Å². The van der Waals surface area contributed by atoms with E-state index in [1.165, 1.54) is 6.21 Å². The quantitative estimate of drug-likeness (QED) is 0.610. The molecule has 0 unspecified atom stereocenters. The molecule has 0 heterocycles. The summed E-state index contributed by atoms with van der Waals surface area (Å²) in [7, 11) is 0. The van der Waals surface area contributed by atoms with Gasteiger partial charge in [0.2, 0.25) is 0 Å². The Morgan fingerprint density at radius 3 is 2.65 bits per heavy atom. The van der Waals surface area contributed by atoms with Crippen molar-refractivity contribution in [1.82, 2.24) is 0 Å². The lowest BCUT2D eigenvalue weighted by atomic mass is 9.77. The van der Waals surface area contributed by atoms with Gasteiger partial charge in [0.05, 0.1) is 17.0 Å². The number of hydrogen-bond donors (Lipinski definition) is 2. The summed E-state index contributed by atoms with van der Waals surface area (Å²) in [6.07, 6.45) is 7.52. The van der Waals surface area contributed by atoms with Gasteiger partial charge >= 0.3 is 0 Å². The fourth-order valence-electron chi connectivity index (χ4n) is 1.96. The van der Waals surface area contributed by atoms with Gasteiger partial charge in [-0.3, -0.25) is 9.79 Å². The average molecular weight is 274 g/mol. The van der Waals surface area contributed by atoms with Gasteiger partial charge in [0.25, 0.3) is 0 Å². The lowest BCUT2D eigenvalue weighted by molar-refractivity contribution is -0.117. The first-order valence-corrected chi connectivity index (χ1v) is 6.54. The number of nitrogens with two attached hydrogens (primary N) is 1. The molecule has 20 heavy (non-hydrogen) atoms. The molecule has 4 heteroatoms. The Bertz CT molecular complexity index is 535. The molecule has 0 saturated heterocycles. The largest absolute Gasteiger partial charge is 0.511 e. The lowest BCUT2D eigenvalue weighted by Crippen LogP contribution is -2.26. The molecule has 3 N–H and O–H groups in total. The molecule has 0 saturated carbocycles. The van der Waals surface area contributed by atoms with Gasteiger partial charge in [-0.15, -0.1) is 0 Å². The Kier molecular flexibility index (Phi) is 5.08. The molecule has 0 aromatic heterocycles. The van der Waals surface area contributed by atoms with Crippen molar-refractivity contribution in [2.24, 2.45) is 16.1 Å². The summed E-state index contributed by atoms with van der Waals surface area (Å²) in [6, 6.07) is 0. The van der Waals surface area contributed by atoms with E-state index in [0.29, 0.717) is 24.2 Å². The van der Waals surface area contributed by atoms with Crippen LogP contribution >= 0.6 is 0 Å². The molecule has 0 spiro atoms. The Morgan fingerprint density at radius 2 is 2.10 bits per heavy atom. The Labute approximate surface area is 120 Å². The number of aliphatic imine (C=N–C) groups is 1. The number of ketones is 1. The predicted octanol–water partition coefficient (Wildman–Crippen LogP) is 3.19. The highest BCUT2D eigenvalue weighted by atomic mass is 16.3. The highest BCUT2D eigenvalue weighted by Crippen LogP contribution is 2.35. The van der Waals surface area contributed by atoms with Gasteiger partial charge in [0, 0.05) is 19.1 Å². The Morgan fingerprint density at radius 1 is 1.45 bits per heavy atom. The van der Waals surface area contributed by atoms with Crippen LogP contribution in [0, 0.1) is 5.41 Å². The summed E-state index contributed by atoms with van der Waals surface area (Å²) in [5.41, 5.74) is 6.59. The fraction of sp³-hybridized carbons (Fsp3) is 0.375. The van der Waals surface area contributed by atoms with Crippen LogP contribution in [0.25, 0.3) is 0 Å². The molecule has 0 aromatic rings. The summed E-state index contributed by atoms with van der Waals surface area (Å²) in [5.74, 6) is -0.0230. The maximum absolute atomic E-state index is 12.0. The van der Waals surface area contributed by atoms with Crippen LogP contribution in [0.15, 0.2) is 52.5 Å². The third-order valence-corrected chi connectivity index (χ3v) is 3.05. The van der Waals surface area contributed by atoms with Crippen molar-refractivity contribution in [2.45, 2.75) is 33.6 Å². The van der Waals surface area contributed by atoms with Gasteiger partial charge in [-0.25, -0.2) is 0 Å². The highest BCUT2D eigenvalue weighted by Gasteiger charge is 2.32. The summed E-state index contributed by atoms with van der Waals surface area (Å²) < 4.78 is 0. The molecule has 0 aromatic carbocycles. The van der Waals surface area contributed by atoms with E-state index in [0.717, 1.165) is 0 Å². The molecule has 0 atom stereocenters. The molecule has 0 fully saturated rings. The Balaban J connectivity index is 2.90. The molecule has 1 aliphatic rings. The number of aliphatic hydroxyl groups excluding tert-OH is 1. The first-order valence-electron chi connectivity index (χ1n) is 6.54. The van der Waals surface area contributed by atoms with Gasteiger partial charge in [-0.05, 0) is 18.4 Å². The van der Waals surface area contributed by atoms with Crippen molar-refractivity contribution in [3.8, 4) is 0 Å². The molecule has 108 valence electrons. The minimum atomic E-state index is -0.208. The monoisotopic (exact) mass is 274 g/mol. The number of rotatable bonds is 4. The molecule has 1 rings (SSSR count). The van der Waals surface area contributed by atoms with Crippen LogP contribution in [0.3, 0.4) is 0 Å². The number of allylic oxidation sites excluding steroid dienone is 5. The maximum atomic E-state index is 12.0. The number of Topliss-reactive ketones (excluding diaryl/α,β-unsaturated/α-hetero) is 1. The molecular weight excluding hydrogens is 252 g/mol. The average Bonchev–Trinajstić information content (AvgIpc) is 2.33. The van der Waals surface area contributed by atoms with E-state index in [4.69, 9.17) is 5.73 Å². The molecule has 4 nitrogen and oxygen atoms in total. The number of hydrogen-bond acceptors (Lipinski definition) is 4. The lowest BCUT2D eigenvalue weighted by Gasteiger charge is -2.28. The van der Waals surface area contributed by atoms with E-state index in [2.05, 4.69) is 11.6 Å². The molecule has 0 bridgehead atoms. The van der Waals surface area contributed by atoms with E-state index in [1.54, 1.807) is 12.2 Å². The van der Waals surface area contributed by atoms with Crippen molar-refractivity contribution >= 4 is 12.0 Å². The first-order chi connectivity index (χ1) is 9.26. The van der Waals surface area contributed by atoms with E-state index in [9.17, 15) is 9.90 Å². The van der Waals surface area contributed by atoms with E-state index in [1.807, 2.05) is 26.8 Å². The second-order valence-electron chi connectivity index (χ2n) is 5.65. The van der Waals surface area contributed by atoms with Gasteiger partial charge in [-0.2, -0.15) is 0 Å². The smallest absolute Gasteiger partial charge is 0.168 e. The van der Waals surface area contributed by atoms with E-state index >= 15 is 0 Å². The van der Waals surface area contributed by atoms with Crippen molar-refractivity contribution < 1.29 is 9.90 Å². The zero-order valence-electron chi connectivity index (χ0n) is 12.3. The summed E-state index contributed by atoms with van der Waals surface area (Å²) in [6.45, 7) is 9.51. The summed E-state index contributed by atoms with van der Waals surface area (Å²) in [5, 5.41) is 9.95. The van der Waals surface area contributed by atoms with Crippen LogP contribution in [0.4, 0.5) is 0 Å². The number of nitrogens with zero attached hydrogens (tertiary/aromatic N) is 1. The minimum Gasteiger partial charge on any atom is -0.511 e. The molecule has 0 aliphatic heterocycles. The van der Waals surface area contributed by atoms with Gasteiger partial charge in [0.1, 0.15) is 5.76 Å². The number of carbonyl (C=O) groups is 1. The summed E-state index contributed by atoms with van der Waals surface area (Å²) in [4.78, 5) is 16.0. The van der Waals surface area contributed by atoms with Crippen LogP contribution in [0.1, 0.15) is 33.6 Å². The summed E-state index contributed by atoms with van der Waals surface area (Å²) >= 11 is 0. The molecule has 1 aliphatic carbocycles. The van der Waals surface area contributed by atoms with Crippen LogP contribution in [-0.4, -0.2) is 17.1 Å². The van der Waals surface area contributed by atoms with Crippen molar-refractivity contribution in [2.75, 3.05) is 0 Å². The third kappa shape index (κ3) is 4.23. The zero-order chi connectivity index (χ0) is 15.3. The number of carbonyl (C=O) groups excluding carboxylic acids is 1. The van der Waals surface area contributed by atoms with Crippen molar-refractivity contribution in [1.29, 1.82) is 0 Å². The van der Waals surface area contributed by atoms with Crippen LogP contribution in [0.2, 0.25) is 0 Å². The minimum absolute atomic E-state index is 0.0822. The molecule has 0 radical (unpaired) electrons. The Hall–Kier alpha value is -2.10. The third-order valence-electron chi connectivity index (χ3n) is 3.05. The van der Waals surface area contributed by atoms with Crippen LogP contribution in [-0.2, 0) is 4.79 Å². The zero-order valence-corrected chi connectivity index (χ0v) is 12.3. The number of aliphatic hydroxyl groups is 1. The van der Waals surface area contributed by atoms with Crippen LogP contribution in [0.5, 0.6) is 0 Å². The van der Waals surface area contributed by atoms with Crippen LogP contribution < -0.4 is 5.73 Å². The predicted molar refractivity (Wildman–Crippen MR) is 82.4 cm³/mol. The second-order valence-corrected chi connectivity index (χ2v) is 5.65.